The van der Waals surface area contributed by atoms with Crippen LogP contribution in [0.2, 0.25) is 0 Å². The lowest BCUT2D eigenvalue weighted by atomic mass is 9.86. The molecule has 0 aliphatic heterocycles. The van der Waals surface area contributed by atoms with Crippen molar-refractivity contribution in [2.75, 3.05) is 0 Å². The monoisotopic (exact) mass is 237 g/mol. The van der Waals surface area contributed by atoms with E-state index in [1.54, 1.807) is 0 Å². The Morgan fingerprint density at radius 1 is 1.00 bits per heavy atom. The van der Waals surface area contributed by atoms with E-state index in [2.05, 4.69) is 56.3 Å². The van der Waals surface area contributed by atoms with Crippen LogP contribution in [0.15, 0.2) is 48.5 Å². The van der Waals surface area contributed by atoms with E-state index >= 15 is 0 Å². The van der Waals surface area contributed by atoms with Crippen molar-refractivity contribution in [1.29, 1.82) is 0 Å². The molecule has 0 bridgehead atoms. The Labute approximate surface area is 109 Å². The van der Waals surface area contributed by atoms with Gasteiger partial charge in [0.2, 0.25) is 0 Å². The zero-order valence-electron chi connectivity index (χ0n) is 11.0. The number of hydrogen-bond acceptors (Lipinski definition) is 1. The summed E-state index contributed by atoms with van der Waals surface area (Å²) in [6.07, 6.45) is 1.04. The molecule has 1 unspecified atom stereocenters. The molecule has 0 saturated carbocycles. The SMILES string of the molecule is CC1(C)CC(N)c2cc(-c3ccccc3)ccc21. The van der Waals surface area contributed by atoms with Gasteiger partial charge in [0, 0.05) is 6.04 Å². The van der Waals surface area contributed by atoms with E-state index in [4.69, 9.17) is 5.73 Å². The molecule has 0 amide bonds. The third-order valence-corrected chi connectivity index (χ3v) is 4.02. The molecule has 1 atom stereocenters. The van der Waals surface area contributed by atoms with E-state index < -0.39 is 0 Å². The van der Waals surface area contributed by atoms with Crippen molar-refractivity contribution in [2.24, 2.45) is 5.73 Å². The predicted octanol–water partition coefficient (Wildman–Crippen LogP) is 4.03. The Balaban J connectivity index is 2.11. The minimum Gasteiger partial charge on any atom is -0.324 e. The first-order valence-electron chi connectivity index (χ1n) is 6.53. The summed E-state index contributed by atoms with van der Waals surface area (Å²) in [4.78, 5) is 0. The quantitative estimate of drug-likeness (QED) is 0.796. The van der Waals surface area contributed by atoms with E-state index in [0.29, 0.717) is 0 Å². The molecule has 0 saturated heterocycles. The van der Waals surface area contributed by atoms with Crippen LogP contribution in [0.5, 0.6) is 0 Å². The van der Waals surface area contributed by atoms with Crippen LogP contribution in [0.3, 0.4) is 0 Å². The lowest BCUT2D eigenvalue weighted by molar-refractivity contribution is 0.481. The number of nitrogens with two attached hydrogens (primary N) is 1. The third-order valence-electron chi connectivity index (χ3n) is 4.02. The Hall–Kier alpha value is -1.60. The second-order valence-corrected chi connectivity index (χ2v) is 5.86. The maximum Gasteiger partial charge on any atom is 0.0306 e. The fraction of sp³-hybridized carbons (Fsp3) is 0.294. The van der Waals surface area contributed by atoms with Gasteiger partial charge in [-0.2, -0.15) is 0 Å². The summed E-state index contributed by atoms with van der Waals surface area (Å²) in [5, 5.41) is 0. The molecule has 1 aliphatic rings. The van der Waals surface area contributed by atoms with Crippen molar-refractivity contribution in [3.05, 3.63) is 59.7 Å². The van der Waals surface area contributed by atoms with Gasteiger partial charge in [0.05, 0.1) is 0 Å². The van der Waals surface area contributed by atoms with Gasteiger partial charge in [-0.05, 0) is 40.2 Å². The Morgan fingerprint density at radius 2 is 1.72 bits per heavy atom. The minimum absolute atomic E-state index is 0.179. The molecular formula is C17H19N. The van der Waals surface area contributed by atoms with Crippen molar-refractivity contribution < 1.29 is 0 Å². The normalized spacial score (nSPS) is 20.7. The van der Waals surface area contributed by atoms with Crippen molar-refractivity contribution in [3.63, 3.8) is 0 Å². The molecule has 1 nitrogen and oxygen atoms in total. The molecule has 0 aromatic heterocycles. The van der Waals surface area contributed by atoms with Crippen LogP contribution in [-0.2, 0) is 5.41 Å². The van der Waals surface area contributed by atoms with E-state index in [1.807, 2.05) is 6.07 Å². The second-order valence-electron chi connectivity index (χ2n) is 5.86. The maximum atomic E-state index is 6.27. The molecule has 0 heterocycles. The molecule has 1 heteroatoms. The molecule has 3 rings (SSSR count). The lowest BCUT2D eigenvalue weighted by Crippen LogP contribution is -2.14. The molecule has 18 heavy (non-hydrogen) atoms. The minimum atomic E-state index is 0.179. The molecule has 2 aromatic rings. The van der Waals surface area contributed by atoms with Crippen molar-refractivity contribution in [2.45, 2.75) is 31.7 Å². The molecule has 1 aliphatic carbocycles. The van der Waals surface area contributed by atoms with Crippen LogP contribution in [0.4, 0.5) is 0 Å². The van der Waals surface area contributed by atoms with Crippen LogP contribution in [0.1, 0.15) is 37.4 Å². The Bertz CT molecular complexity index is 569. The summed E-state index contributed by atoms with van der Waals surface area (Å²) in [5.74, 6) is 0. The molecule has 2 aromatic carbocycles. The summed E-state index contributed by atoms with van der Waals surface area (Å²) in [5.41, 5.74) is 11.7. The van der Waals surface area contributed by atoms with E-state index in [0.717, 1.165) is 6.42 Å². The first kappa shape index (κ1) is 11.5. The zero-order valence-corrected chi connectivity index (χ0v) is 11.0. The van der Waals surface area contributed by atoms with Gasteiger partial charge in [0.25, 0.3) is 0 Å². The van der Waals surface area contributed by atoms with Crippen molar-refractivity contribution in [1.82, 2.24) is 0 Å². The lowest BCUT2D eigenvalue weighted by Gasteiger charge is -2.18. The first-order valence-corrected chi connectivity index (χ1v) is 6.53. The van der Waals surface area contributed by atoms with Crippen molar-refractivity contribution in [3.8, 4) is 11.1 Å². The average Bonchev–Trinajstić information content (AvgIpc) is 2.61. The van der Waals surface area contributed by atoms with Crippen LogP contribution in [-0.4, -0.2) is 0 Å². The first-order chi connectivity index (χ1) is 8.58. The summed E-state index contributed by atoms with van der Waals surface area (Å²) < 4.78 is 0. The van der Waals surface area contributed by atoms with E-state index in [9.17, 15) is 0 Å². The highest BCUT2D eigenvalue weighted by Crippen LogP contribution is 2.44. The van der Waals surface area contributed by atoms with Gasteiger partial charge in [0.15, 0.2) is 0 Å². The Kier molecular flexibility index (Phi) is 2.53. The van der Waals surface area contributed by atoms with Gasteiger partial charge in [-0.25, -0.2) is 0 Å². The van der Waals surface area contributed by atoms with Gasteiger partial charge >= 0.3 is 0 Å². The molecule has 0 radical (unpaired) electrons. The standard InChI is InChI=1S/C17H19N/c1-17(2)11-16(18)14-10-13(8-9-15(14)17)12-6-4-3-5-7-12/h3-10,16H,11,18H2,1-2H3. The summed E-state index contributed by atoms with van der Waals surface area (Å²) in [7, 11) is 0. The van der Waals surface area contributed by atoms with Gasteiger partial charge in [-0.15, -0.1) is 0 Å². The van der Waals surface area contributed by atoms with Crippen LogP contribution < -0.4 is 5.73 Å². The van der Waals surface area contributed by atoms with E-state index in [1.165, 1.54) is 22.3 Å². The highest BCUT2D eigenvalue weighted by Gasteiger charge is 2.34. The fourth-order valence-corrected chi connectivity index (χ4v) is 3.07. The predicted molar refractivity (Wildman–Crippen MR) is 76.4 cm³/mol. The average molecular weight is 237 g/mol. The smallest absolute Gasteiger partial charge is 0.0306 e. The van der Waals surface area contributed by atoms with Gasteiger partial charge < -0.3 is 5.73 Å². The number of benzene rings is 2. The summed E-state index contributed by atoms with van der Waals surface area (Å²) in [6.45, 7) is 4.56. The molecule has 0 spiro atoms. The summed E-state index contributed by atoms with van der Waals surface area (Å²) >= 11 is 0. The number of fused-ring (bicyclic) bond motifs is 1. The highest BCUT2D eigenvalue weighted by molar-refractivity contribution is 5.66. The second kappa shape index (κ2) is 3.96. The maximum absolute atomic E-state index is 6.27. The van der Waals surface area contributed by atoms with Crippen LogP contribution >= 0.6 is 0 Å². The highest BCUT2D eigenvalue weighted by atomic mass is 14.7. The molecular weight excluding hydrogens is 218 g/mol. The van der Waals surface area contributed by atoms with Gasteiger partial charge in [0.1, 0.15) is 0 Å². The van der Waals surface area contributed by atoms with Gasteiger partial charge in [-0.1, -0.05) is 56.3 Å². The molecule has 0 fully saturated rings. The third kappa shape index (κ3) is 1.75. The van der Waals surface area contributed by atoms with Crippen LogP contribution in [0, 0.1) is 0 Å². The topological polar surface area (TPSA) is 26.0 Å². The Morgan fingerprint density at radius 3 is 2.44 bits per heavy atom. The number of hydrogen-bond donors (Lipinski definition) is 1. The van der Waals surface area contributed by atoms with E-state index in [-0.39, 0.29) is 11.5 Å². The molecule has 92 valence electrons. The van der Waals surface area contributed by atoms with Crippen LogP contribution in [0.25, 0.3) is 11.1 Å². The van der Waals surface area contributed by atoms with Crippen molar-refractivity contribution >= 4 is 0 Å². The fourth-order valence-electron chi connectivity index (χ4n) is 3.07. The number of rotatable bonds is 1. The molecule has 2 N–H and O–H groups in total. The summed E-state index contributed by atoms with van der Waals surface area (Å²) in [6, 6.07) is 17.4. The largest absolute Gasteiger partial charge is 0.324 e. The van der Waals surface area contributed by atoms with Gasteiger partial charge in [-0.3, -0.25) is 0 Å². The zero-order chi connectivity index (χ0) is 12.8.